The lowest BCUT2D eigenvalue weighted by Gasteiger charge is -2.43. The molecule has 8 heteroatoms. The van der Waals surface area contributed by atoms with Crippen molar-refractivity contribution in [2.75, 3.05) is 27.9 Å². The zero-order valence-electron chi connectivity index (χ0n) is 20.1. The molecule has 2 heterocycles. The van der Waals surface area contributed by atoms with Gasteiger partial charge < -0.3 is 14.5 Å². The number of nitrogens with zero attached hydrogens (tertiary/aromatic N) is 3. The predicted octanol–water partition coefficient (Wildman–Crippen LogP) is 5.83. The van der Waals surface area contributed by atoms with Gasteiger partial charge in [-0.25, -0.2) is 4.79 Å². The van der Waals surface area contributed by atoms with Crippen molar-refractivity contribution in [2.24, 2.45) is 0 Å². The van der Waals surface area contributed by atoms with Gasteiger partial charge in [0.1, 0.15) is 6.61 Å². The molecule has 0 aliphatic carbocycles. The Morgan fingerprint density at radius 1 is 1.00 bits per heavy atom. The number of hydrogen-bond acceptors (Lipinski definition) is 4. The first-order valence-corrected chi connectivity index (χ1v) is 12.2. The van der Waals surface area contributed by atoms with E-state index in [2.05, 4.69) is 0 Å². The summed E-state index contributed by atoms with van der Waals surface area (Å²) in [7, 11) is 0. The minimum Gasteiger partial charge on any atom is -0.447 e. The largest absolute Gasteiger partial charge is 0.447 e. The fraction of sp³-hybridized carbons (Fsp3) is 0.250. The summed E-state index contributed by atoms with van der Waals surface area (Å²) in [6.45, 7) is 4.40. The second-order valence-corrected chi connectivity index (χ2v) is 9.45. The Bertz CT molecular complexity index is 1310. The lowest BCUT2D eigenvalue weighted by molar-refractivity contribution is -0.117. The molecule has 0 saturated carbocycles. The minimum absolute atomic E-state index is 0.0832. The fourth-order valence-corrected chi connectivity index (χ4v) is 5.20. The van der Waals surface area contributed by atoms with Crippen LogP contribution in [0.5, 0.6) is 0 Å². The molecule has 36 heavy (non-hydrogen) atoms. The summed E-state index contributed by atoms with van der Waals surface area (Å²) in [5, 5.41) is 0.601. The summed E-state index contributed by atoms with van der Waals surface area (Å²) in [5.41, 5.74) is 3.66. The highest BCUT2D eigenvalue weighted by Gasteiger charge is 2.38. The zero-order chi connectivity index (χ0) is 25.4. The highest BCUT2D eigenvalue weighted by atomic mass is 35.5. The van der Waals surface area contributed by atoms with Crippen LogP contribution in [0.3, 0.4) is 0 Å². The first kappa shape index (κ1) is 23.9. The summed E-state index contributed by atoms with van der Waals surface area (Å²) >= 11 is 6.08. The molecule has 2 aliphatic rings. The van der Waals surface area contributed by atoms with Crippen LogP contribution in [0, 0.1) is 0 Å². The Hall–Kier alpha value is -3.84. The van der Waals surface area contributed by atoms with Crippen LogP contribution in [0.2, 0.25) is 5.02 Å². The van der Waals surface area contributed by atoms with Gasteiger partial charge in [0.05, 0.1) is 12.6 Å². The third-order valence-electron chi connectivity index (χ3n) is 6.72. The van der Waals surface area contributed by atoms with Crippen molar-refractivity contribution in [1.29, 1.82) is 0 Å². The van der Waals surface area contributed by atoms with E-state index >= 15 is 0 Å². The molecule has 3 amide bonds. The molecule has 3 aromatic rings. The summed E-state index contributed by atoms with van der Waals surface area (Å²) in [6, 6.07) is 21.5. The molecule has 184 valence electrons. The Morgan fingerprint density at radius 3 is 2.33 bits per heavy atom. The van der Waals surface area contributed by atoms with Crippen LogP contribution >= 0.6 is 11.6 Å². The van der Waals surface area contributed by atoms with Gasteiger partial charge in [-0.1, -0.05) is 29.8 Å². The SMILES string of the molecule is CC(=O)N(c1ccc(Cl)cc1)C1CC(C)N(C(=O)c2ccc(N3CCOC3=O)cc2)c2ccccc21. The number of carbonyl (C=O) groups is 3. The van der Waals surface area contributed by atoms with Crippen molar-refractivity contribution < 1.29 is 19.1 Å². The van der Waals surface area contributed by atoms with E-state index in [1.54, 1.807) is 58.0 Å². The van der Waals surface area contributed by atoms with Crippen molar-refractivity contribution >= 4 is 46.6 Å². The molecule has 0 N–H and O–H groups in total. The molecule has 0 spiro atoms. The molecule has 0 radical (unpaired) electrons. The van der Waals surface area contributed by atoms with Gasteiger partial charge in [0.15, 0.2) is 0 Å². The molecule has 2 unspecified atom stereocenters. The van der Waals surface area contributed by atoms with Gasteiger partial charge in [-0.05, 0) is 73.5 Å². The van der Waals surface area contributed by atoms with E-state index < -0.39 is 0 Å². The van der Waals surface area contributed by atoms with E-state index in [4.69, 9.17) is 16.3 Å². The third-order valence-corrected chi connectivity index (χ3v) is 6.97. The summed E-state index contributed by atoms with van der Waals surface area (Å²) < 4.78 is 5.01. The first-order chi connectivity index (χ1) is 17.3. The van der Waals surface area contributed by atoms with Crippen molar-refractivity contribution in [1.82, 2.24) is 0 Å². The van der Waals surface area contributed by atoms with Crippen molar-refractivity contribution in [3.63, 3.8) is 0 Å². The molecule has 3 aromatic carbocycles. The van der Waals surface area contributed by atoms with E-state index in [-0.39, 0.29) is 30.0 Å². The molecule has 1 saturated heterocycles. The number of fused-ring (bicyclic) bond motifs is 1. The smallest absolute Gasteiger partial charge is 0.414 e. The number of para-hydroxylation sites is 1. The standard InChI is InChI=1S/C28H26ClN3O4/c1-18-17-26(32(19(2)33)23-13-9-21(29)10-14-23)24-5-3-4-6-25(24)31(18)27(34)20-7-11-22(12-8-20)30-15-16-36-28(30)35/h3-14,18,26H,15-17H2,1-2H3. The maximum absolute atomic E-state index is 13.7. The van der Waals surface area contributed by atoms with Gasteiger partial charge in [0.2, 0.25) is 5.91 Å². The molecule has 2 atom stereocenters. The van der Waals surface area contributed by atoms with Crippen LogP contribution in [0.4, 0.5) is 21.9 Å². The van der Waals surface area contributed by atoms with Crippen LogP contribution in [0.1, 0.15) is 42.2 Å². The van der Waals surface area contributed by atoms with Crippen LogP contribution in [-0.2, 0) is 9.53 Å². The van der Waals surface area contributed by atoms with E-state index in [1.807, 2.05) is 43.3 Å². The van der Waals surface area contributed by atoms with Gasteiger partial charge >= 0.3 is 6.09 Å². The number of ether oxygens (including phenoxy) is 1. The maximum Gasteiger partial charge on any atom is 0.414 e. The van der Waals surface area contributed by atoms with E-state index in [0.717, 1.165) is 16.9 Å². The van der Waals surface area contributed by atoms with Gasteiger partial charge in [-0.3, -0.25) is 14.5 Å². The maximum atomic E-state index is 13.7. The second kappa shape index (κ2) is 9.66. The van der Waals surface area contributed by atoms with Crippen LogP contribution in [0.25, 0.3) is 0 Å². The first-order valence-electron chi connectivity index (χ1n) is 11.9. The topological polar surface area (TPSA) is 70.2 Å². The quantitative estimate of drug-likeness (QED) is 0.449. The molecule has 5 rings (SSSR count). The minimum atomic E-state index is -0.380. The van der Waals surface area contributed by atoms with E-state index in [1.165, 1.54) is 0 Å². The molecule has 1 fully saturated rings. The summed E-state index contributed by atoms with van der Waals surface area (Å²) in [4.78, 5) is 43.5. The Labute approximate surface area is 214 Å². The number of benzene rings is 3. The Kier molecular flexibility index (Phi) is 6.41. The highest BCUT2D eigenvalue weighted by Crippen LogP contribution is 2.43. The number of rotatable bonds is 4. The van der Waals surface area contributed by atoms with Crippen molar-refractivity contribution in [2.45, 2.75) is 32.4 Å². The van der Waals surface area contributed by atoms with Crippen LogP contribution < -0.4 is 14.7 Å². The normalized spacial score (nSPS) is 19.0. The molecule has 0 bridgehead atoms. The number of amides is 3. The summed E-state index contributed by atoms with van der Waals surface area (Å²) in [6.07, 6.45) is 0.192. The average Bonchev–Trinajstić information content (AvgIpc) is 3.31. The number of hydrogen-bond donors (Lipinski definition) is 0. The van der Waals surface area contributed by atoms with Crippen molar-refractivity contribution in [3.05, 3.63) is 88.9 Å². The Morgan fingerprint density at radius 2 is 1.69 bits per heavy atom. The van der Waals surface area contributed by atoms with Gasteiger partial charge in [0.25, 0.3) is 5.91 Å². The molecule has 0 aromatic heterocycles. The molecular formula is C28H26ClN3O4. The number of halogens is 1. The number of cyclic esters (lactones) is 1. The second-order valence-electron chi connectivity index (χ2n) is 9.01. The lowest BCUT2D eigenvalue weighted by atomic mass is 9.89. The molecule has 2 aliphatic heterocycles. The van der Waals surface area contributed by atoms with Gasteiger partial charge in [-0.15, -0.1) is 0 Å². The van der Waals surface area contributed by atoms with E-state index in [9.17, 15) is 14.4 Å². The van der Waals surface area contributed by atoms with Crippen LogP contribution in [0.15, 0.2) is 72.8 Å². The monoisotopic (exact) mass is 503 g/mol. The summed E-state index contributed by atoms with van der Waals surface area (Å²) in [5.74, 6) is -0.218. The third kappa shape index (κ3) is 4.31. The van der Waals surface area contributed by atoms with Gasteiger partial charge in [-0.2, -0.15) is 0 Å². The molecular weight excluding hydrogens is 478 g/mol. The average molecular weight is 504 g/mol. The zero-order valence-corrected chi connectivity index (χ0v) is 20.8. The fourth-order valence-electron chi connectivity index (χ4n) is 5.07. The van der Waals surface area contributed by atoms with E-state index in [0.29, 0.717) is 35.8 Å². The number of anilines is 3. The van der Waals surface area contributed by atoms with Crippen molar-refractivity contribution in [3.8, 4) is 0 Å². The Balaban J connectivity index is 1.48. The highest BCUT2D eigenvalue weighted by molar-refractivity contribution is 6.30. The lowest BCUT2D eigenvalue weighted by Crippen LogP contribution is -2.47. The number of carbonyl (C=O) groups excluding carboxylic acids is 3. The predicted molar refractivity (Wildman–Crippen MR) is 140 cm³/mol. The van der Waals surface area contributed by atoms with Crippen LogP contribution in [-0.4, -0.2) is 37.1 Å². The van der Waals surface area contributed by atoms with Gasteiger partial charge in [0, 0.05) is 40.6 Å². The molecule has 7 nitrogen and oxygen atoms in total.